The van der Waals surface area contributed by atoms with Crippen LogP contribution < -0.4 is 0 Å². The van der Waals surface area contributed by atoms with Crippen molar-refractivity contribution in [1.29, 1.82) is 0 Å². The highest BCUT2D eigenvalue weighted by molar-refractivity contribution is 7.89. The van der Waals surface area contributed by atoms with Gasteiger partial charge in [-0.3, -0.25) is 4.79 Å². The van der Waals surface area contributed by atoms with Crippen LogP contribution in [0.1, 0.15) is 25.8 Å². The lowest BCUT2D eigenvalue weighted by molar-refractivity contribution is -0.140. The molecule has 0 fully saturated rings. The van der Waals surface area contributed by atoms with Gasteiger partial charge in [-0.25, -0.2) is 8.42 Å². The molecule has 0 saturated heterocycles. The molecule has 1 aromatic rings. The number of likely N-dealkylation sites (N-methyl/N-ethyl adjacent to an activating group) is 1. The summed E-state index contributed by atoms with van der Waals surface area (Å²) in [7, 11) is -2.49. The Morgan fingerprint density at radius 1 is 1.32 bits per heavy atom. The number of carbonyl (C=O) groups is 1. The van der Waals surface area contributed by atoms with Crippen LogP contribution >= 0.6 is 0 Å². The molecular weight excluding hydrogens is 266 g/mol. The summed E-state index contributed by atoms with van der Waals surface area (Å²) in [5.41, 5.74) is 1.07. The third-order valence-electron chi connectivity index (χ3n) is 3.04. The zero-order valence-corrected chi connectivity index (χ0v) is 12.1. The van der Waals surface area contributed by atoms with Crippen LogP contribution in [0.3, 0.4) is 0 Å². The van der Waals surface area contributed by atoms with Crippen molar-refractivity contribution in [2.75, 3.05) is 7.05 Å². The molecular formula is C13H19NO4S. The van der Waals surface area contributed by atoms with Gasteiger partial charge in [-0.1, -0.05) is 25.5 Å². The van der Waals surface area contributed by atoms with Crippen molar-refractivity contribution in [3.8, 4) is 0 Å². The zero-order chi connectivity index (χ0) is 14.6. The normalized spacial score (nSPS) is 13.5. The fourth-order valence-corrected chi connectivity index (χ4v) is 2.97. The summed E-state index contributed by atoms with van der Waals surface area (Å²) in [6, 6.07) is 5.46. The average Bonchev–Trinajstić information content (AvgIpc) is 2.37. The molecule has 19 heavy (non-hydrogen) atoms. The van der Waals surface area contributed by atoms with Crippen LogP contribution in [0, 0.1) is 0 Å². The lowest BCUT2D eigenvalue weighted by Gasteiger charge is -2.21. The molecule has 1 N–H and O–H groups in total. The van der Waals surface area contributed by atoms with Crippen molar-refractivity contribution in [3.05, 3.63) is 29.8 Å². The number of carboxylic acid groups (broad SMARTS) is 1. The Bertz CT molecular complexity index is 536. The molecule has 0 radical (unpaired) electrons. The third-order valence-corrected chi connectivity index (χ3v) is 4.98. The second kappa shape index (κ2) is 6.16. The fourth-order valence-electron chi connectivity index (χ4n) is 1.65. The standard InChI is InChI=1S/C13H19NO4S/c1-4-5-11-6-8-12(9-7-11)19(17,18)14(3)10(2)13(15)16/h6-10H,4-5H2,1-3H3,(H,15,16). The Kier molecular flexibility index (Phi) is 5.08. The van der Waals surface area contributed by atoms with Crippen LogP contribution in [-0.4, -0.2) is 36.9 Å². The van der Waals surface area contributed by atoms with E-state index >= 15 is 0 Å². The average molecular weight is 285 g/mol. The highest BCUT2D eigenvalue weighted by Crippen LogP contribution is 2.17. The molecule has 0 aliphatic heterocycles. The second-order valence-corrected chi connectivity index (χ2v) is 6.43. The minimum absolute atomic E-state index is 0.114. The minimum atomic E-state index is -3.76. The molecule has 0 spiro atoms. The summed E-state index contributed by atoms with van der Waals surface area (Å²) in [6.45, 7) is 3.39. The lowest BCUT2D eigenvalue weighted by atomic mass is 10.1. The van der Waals surface area contributed by atoms with Gasteiger partial charge in [-0.05, 0) is 31.0 Å². The maximum Gasteiger partial charge on any atom is 0.321 e. The molecule has 5 nitrogen and oxygen atoms in total. The quantitative estimate of drug-likeness (QED) is 0.863. The van der Waals surface area contributed by atoms with Gasteiger partial charge in [0.1, 0.15) is 6.04 Å². The molecule has 0 saturated carbocycles. The molecule has 106 valence electrons. The lowest BCUT2D eigenvalue weighted by Crippen LogP contribution is -2.40. The number of sulfonamides is 1. The Morgan fingerprint density at radius 2 is 1.84 bits per heavy atom. The van der Waals surface area contributed by atoms with E-state index in [9.17, 15) is 13.2 Å². The van der Waals surface area contributed by atoms with E-state index in [1.807, 2.05) is 6.92 Å². The third kappa shape index (κ3) is 3.54. The van der Waals surface area contributed by atoms with Crippen molar-refractivity contribution in [1.82, 2.24) is 4.31 Å². The summed E-state index contributed by atoms with van der Waals surface area (Å²) in [6.07, 6.45) is 1.88. The highest BCUT2D eigenvalue weighted by atomic mass is 32.2. The fraction of sp³-hybridized carbons (Fsp3) is 0.462. The van der Waals surface area contributed by atoms with Crippen LogP contribution in [0.4, 0.5) is 0 Å². The van der Waals surface area contributed by atoms with Gasteiger partial charge in [-0.15, -0.1) is 0 Å². The van der Waals surface area contributed by atoms with E-state index in [4.69, 9.17) is 5.11 Å². The maximum absolute atomic E-state index is 12.2. The number of carboxylic acids is 1. The monoisotopic (exact) mass is 285 g/mol. The molecule has 1 aromatic carbocycles. The number of rotatable bonds is 6. The van der Waals surface area contributed by atoms with Crippen molar-refractivity contribution in [3.63, 3.8) is 0 Å². The second-order valence-electron chi connectivity index (χ2n) is 4.43. The molecule has 1 atom stereocenters. The number of nitrogens with zero attached hydrogens (tertiary/aromatic N) is 1. The van der Waals surface area contributed by atoms with E-state index in [2.05, 4.69) is 0 Å². The van der Waals surface area contributed by atoms with Crippen molar-refractivity contribution in [2.45, 2.75) is 37.6 Å². The zero-order valence-electron chi connectivity index (χ0n) is 11.3. The summed E-state index contributed by atoms with van der Waals surface area (Å²) in [4.78, 5) is 11.0. The molecule has 0 amide bonds. The summed E-state index contributed by atoms with van der Waals surface area (Å²) in [5.74, 6) is -1.17. The number of hydrogen-bond acceptors (Lipinski definition) is 3. The van der Waals surface area contributed by atoms with Gasteiger partial charge in [0.25, 0.3) is 0 Å². The van der Waals surface area contributed by atoms with E-state index < -0.39 is 22.0 Å². The Hall–Kier alpha value is -1.40. The number of aliphatic carboxylic acids is 1. The maximum atomic E-state index is 12.2. The van der Waals surface area contributed by atoms with Gasteiger partial charge in [0.2, 0.25) is 10.0 Å². The van der Waals surface area contributed by atoms with Gasteiger partial charge in [-0.2, -0.15) is 4.31 Å². The molecule has 6 heteroatoms. The number of aryl methyl sites for hydroxylation is 1. The summed E-state index contributed by atoms with van der Waals surface area (Å²) < 4.78 is 25.3. The number of benzene rings is 1. The number of hydrogen-bond donors (Lipinski definition) is 1. The van der Waals surface area contributed by atoms with E-state index in [0.717, 1.165) is 22.7 Å². The SMILES string of the molecule is CCCc1ccc(S(=O)(=O)N(C)C(C)C(=O)O)cc1. The first-order valence-corrected chi connectivity index (χ1v) is 7.54. The molecule has 1 unspecified atom stereocenters. The van der Waals surface area contributed by atoms with Gasteiger partial charge in [0.15, 0.2) is 0 Å². The van der Waals surface area contributed by atoms with Crippen LogP contribution in [0.5, 0.6) is 0 Å². The molecule has 0 aromatic heterocycles. The first-order chi connectivity index (χ1) is 8.80. The smallest absolute Gasteiger partial charge is 0.321 e. The first-order valence-electron chi connectivity index (χ1n) is 6.10. The van der Waals surface area contributed by atoms with Crippen LogP contribution in [0.15, 0.2) is 29.2 Å². The van der Waals surface area contributed by atoms with Crippen LogP contribution in [-0.2, 0) is 21.2 Å². The molecule has 1 rings (SSSR count). The van der Waals surface area contributed by atoms with Crippen LogP contribution in [0.25, 0.3) is 0 Å². The van der Waals surface area contributed by atoms with E-state index in [0.29, 0.717) is 0 Å². The topological polar surface area (TPSA) is 74.7 Å². The highest BCUT2D eigenvalue weighted by Gasteiger charge is 2.29. The van der Waals surface area contributed by atoms with Crippen molar-refractivity contribution >= 4 is 16.0 Å². The molecule has 0 heterocycles. The van der Waals surface area contributed by atoms with Gasteiger partial charge in [0.05, 0.1) is 4.90 Å². The largest absolute Gasteiger partial charge is 0.480 e. The summed E-state index contributed by atoms with van der Waals surface area (Å²) in [5, 5.41) is 8.87. The molecule has 0 aliphatic rings. The minimum Gasteiger partial charge on any atom is -0.480 e. The molecule has 0 bridgehead atoms. The van der Waals surface area contributed by atoms with Crippen molar-refractivity contribution in [2.24, 2.45) is 0 Å². The van der Waals surface area contributed by atoms with Gasteiger partial charge >= 0.3 is 5.97 Å². The Morgan fingerprint density at radius 3 is 2.26 bits per heavy atom. The van der Waals surface area contributed by atoms with Crippen LogP contribution in [0.2, 0.25) is 0 Å². The van der Waals surface area contributed by atoms with E-state index in [1.165, 1.54) is 26.1 Å². The van der Waals surface area contributed by atoms with E-state index in [-0.39, 0.29) is 4.90 Å². The summed E-state index contributed by atoms with van der Waals surface area (Å²) >= 11 is 0. The predicted octanol–water partition coefficient (Wildman–Crippen LogP) is 1.73. The van der Waals surface area contributed by atoms with Crippen molar-refractivity contribution < 1.29 is 18.3 Å². The Labute approximate surface area is 113 Å². The first kappa shape index (κ1) is 15.7. The predicted molar refractivity (Wildman–Crippen MR) is 72.5 cm³/mol. The molecule has 0 aliphatic carbocycles. The van der Waals surface area contributed by atoms with E-state index in [1.54, 1.807) is 12.1 Å². The van der Waals surface area contributed by atoms with Gasteiger partial charge in [0, 0.05) is 7.05 Å². The van der Waals surface area contributed by atoms with Gasteiger partial charge < -0.3 is 5.11 Å². The Balaban J connectivity index is 3.03.